The van der Waals surface area contributed by atoms with Crippen molar-refractivity contribution < 1.29 is 36.9 Å². The Labute approximate surface area is 213 Å². The summed E-state index contributed by atoms with van der Waals surface area (Å²) in [4.78, 5) is 14.3. The van der Waals surface area contributed by atoms with Crippen molar-refractivity contribution in [2.45, 2.75) is 57.6 Å². The molecule has 1 saturated heterocycles. The van der Waals surface area contributed by atoms with Crippen LogP contribution < -0.4 is 14.2 Å². The normalized spacial score (nSPS) is 17.4. The first kappa shape index (κ1) is 26.4. The van der Waals surface area contributed by atoms with Gasteiger partial charge >= 0.3 is 12.3 Å². The van der Waals surface area contributed by atoms with Crippen LogP contribution in [-0.2, 0) is 21.6 Å². The third-order valence-corrected chi connectivity index (χ3v) is 6.65. The maximum absolute atomic E-state index is 12.7. The first-order valence-corrected chi connectivity index (χ1v) is 12.1. The Hall–Kier alpha value is -2.65. The van der Waals surface area contributed by atoms with Crippen molar-refractivity contribution in [2.24, 2.45) is 0 Å². The molecule has 2 aromatic rings. The van der Waals surface area contributed by atoms with Gasteiger partial charge in [-0.2, -0.15) is 0 Å². The van der Waals surface area contributed by atoms with Gasteiger partial charge in [0.05, 0.1) is 23.7 Å². The Bertz CT molecular complexity index is 1110. The monoisotopic (exact) mass is 527 g/mol. The fraction of sp³-hybridized carbons (Fsp3) is 0.500. The minimum atomic E-state index is -4.84. The molecule has 1 spiro atoms. The summed E-state index contributed by atoms with van der Waals surface area (Å²) in [6.07, 6.45) is -3.17. The van der Waals surface area contributed by atoms with Crippen LogP contribution in [0.3, 0.4) is 0 Å². The molecule has 0 aromatic heterocycles. The molecule has 0 N–H and O–H groups in total. The predicted molar refractivity (Wildman–Crippen MR) is 128 cm³/mol. The molecule has 0 bridgehead atoms. The first-order chi connectivity index (χ1) is 16.8. The van der Waals surface area contributed by atoms with Gasteiger partial charge in [-0.25, -0.2) is 0 Å². The summed E-state index contributed by atoms with van der Waals surface area (Å²) < 4.78 is 59.5. The molecule has 2 aromatic carbocycles. The Morgan fingerprint density at radius 3 is 2.53 bits per heavy atom. The summed E-state index contributed by atoms with van der Waals surface area (Å²) in [6.45, 7) is 7.63. The average Bonchev–Trinajstić information content (AvgIpc) is 3.10. The number of hydrogen-bond acceptors (Lipinski definition) is 6. The van der Waals surface area contributed by atoms with Gasteiger partial charge in [0.25, 0.3) is 0 Å². The van der Waals surface area contributed by atoms with Gasteiger partial charge < -0.3 is 18.9 Å². The molecule has 2 aliphatic rings. The first-order valence-electron chi connectivity index (χ1n) is 11.7. The lowest BCUT2D eigenvalue weighted by Gasteiger charge is -2.38. The highest BCUT2D eigenvalue weighted by atomic mass is 35.5. The molecule has 0 atom stereocenters. The van der Waals surface area contributed by atoms with Crippen LogP contribution in [0, 0.1) is 0 Å². The lowest BCUT2D eigenvalue weighted by atomic mass is 9.74. The molecule has 1 fully saturated rings. The maximum Gasteiger partial charge on any atom is 0.573 e. The average molecular weight is 528 g/mol. The van der Waals surface area contributed by atoms with Crippen LogP contribution in [0.15, 0.2) is 36.4 Å². The summed E-state index contributed by atoms with van der Waals surface area (Å²) in [5.41, 5.74) is 0.525. The van der Waals surface area contributed by atoms with E-state index in [0.29, 0.717) is 18.1 Å². The Balaban J connectivity index is 1.39. The van der Waals surface area contributed by atoms with Gasteiger partial charge in [-0.05, 0) is 64.9 Å². The van der Waals surface area contributed by atoms with Crippen molar-refractivity contribution in [3.63, 3.8) is 0 Å². The second-order valence-electron chi connectivity index (χ2n) is 10.1. The molecule has 36 heavy (non-hydrogen) atoms. The zero-order chi connectivity index (χ0) is 26.1. The number of halogens is 4. The zero-order valence-electron chi connectivity index (χ0n) is 20.4. The van der Waals surface area contributed by atoms with Gasteiger partial charge in [-0.3, -0.25) is 9.69 Å². The van der Waals surface area contributed by atoms with Crippen LogP contribution in [0.4, 0.5) is 13.2 Å². The molecule has 10 heteroatoms. The summed E-state index contributed by atoms with van der Waals surface area (Å²) in [6, 6.07) is 9.54. The number of esters is 1. The molecule has 0 radical (unpaired) electrons. The Morgan fingerprint density at radius 1 is 1.14 bits per heavy atom. The van der Waals surface area contributed by atoms with Gasteiger partial charge in [0.15, 0.2) is 0 Å². The number of rotatable bonds is 6. The quantitative estimate of drug-likeness (QED) is 0.437. The molecule has 0 aliphatic carbocycles. The molecular formula is C26H29ClF3NO5. The van der Waals surface area contributed by atoms with Crippen molar-refractivity contribution in [1.82, 2.24) is 4.90 Å². The van der Waals surface area contributed by atoms with E-state index in [9.17, 15) is 18.0 Å². The molecule has 196 valence electrons. The molecule has 0 amide bonds. The Kier molecular flexibility index (Phi) is 7.35. The molecule has 2 aliphatic heterocycles. The highest BCUT2D eigenvalue weighted by molar-refractivity contribution is 6.31. The number of alkyl halides is 3. The van der Waals surface area contributed by atoms with Crippen LogP contribution in [0.1, 0.15) is 44.7 Å². The van der Waals surface area contributed by atoms with E-state index >= 15 is 0 Å². The molecule has 4 rings (SSSR count). The van der Waals surface area contributed by atoms with E-state index in [2.05, 4.69) is 9.64 Å². The number of fused-ring (bicyclic) bond motifs is 2. The van der Waals surface area contributed by atoms with Crippen LogP contribution in [0.2, 0.25) is 5.02 Å². The number of nitrogens with zero attached hydrogens (tertiary/aromatic N) is 1. The lowest BCUT2D eigenvalue weighted by molar-refractivity contribution is -0.275. The number of carbonyl (C=O) groups excluding carboxylic acids is 1. The topological polar surface area (TPSA) is 57.2 Å². The van der Waals surface area contributed by atoms with Crippen molar-refractivity contribution in [3.8, 4) is 17.2 Å². The third kappa shape index (κ3) is 6.37. The number of hydrogen-bond donors (Lipinski definition) is 0. The fourth-order valence-corrected chi connectivity index (χ4v) is 4.83. The summed E-state index contributed by atoms with van der Waals surface area (Å²) in [7, 11) is 0. The van der Waals surface area contributed by atoms with Gasteiger partial charge in [-0.15, -0.1) is 13.2 Å². The highest BCUT2D eigenvalue weighted by Crippen LogP contribution is 2.47. The van der Waals surface area contributed by atoms with Crippen molar-refractivity contribution in [1.29, 1.82) is 0 Å². The van der Waals surface area contributed by atoms with E-state index in [-0.39, 0.29) is 35.1 Å². The zero-order valence-corrected chi connectivity index (χ0v) is 21.2. The molecule has 0 saturated carbocycles. The SMILES string of the molecule is CC(C)(C)OC(=O)CN1CCC2(CC1)COc1cc(OCc3c(Cl)cccc3OC(F)(F)F)ccc12. The Morgan fingerprint density at radius 2 is 1.86 bits per heavy atom. The van der Waals surface area contributed by atoms with Crippen LogP contribution in [-0.4, -0.2) is 49.1 Å². The number of benzene rings is 2. The van der Waals surface area contributed by atoms with Gasteiger partial charge in [0.2, 0.25) is 0 Å². The van der Waals surface area contributed by atoms with Gasteiger partial charge in [0.1, 0.15) is 29.5 Å². The number of ether oxygens (including phenoxy) is 4. The standard InChI is InChI=1S/C26H29ClF3NO5/c1-24(2,3)36-23(32)14-31-11-9-25(10-12-31)16-34-22-13-17(7-8-19(22)25)33-15-18-20(27)5-4-6-21(18)35-26(28,29)30/h4-8,13H,9-12,14-16H2,1-3H3. The van der Waals surface area contributed by atoms with E-state index in [4.69, 9.17) is 25.8 Å². The largest absolute Gasteiger partial charge is 0.573 e. The van der Waals surface area contributed by atoms with E-state index < -0.39 is 17.7 Å². The maximum atomic E-state index is 12.7. The van der Waals surface area contributed by atoms with Gasteiger partial charge in [-0.1, -0.05) is 23.7 Å². The number of piperidine rings is 1. The van der Waals surface area contributed by atoms with E-state index in [0.717, 1.165) is 31.5 Å². The second-order valence-corrected chi connectivity index (χ2v) is 10.5. The van der Waals surface area contributed by atoms with Crippen LogP contribution in [0.25, 0.3) is 0 Å². The second kappa shape index (κ2) is 10.0. The number of likely N-dealkylation sites (tertiary alicyclic amines) is 1. The van der Waals surface area contributed by atoms with E-state index in [1.54, 1.807) is 12.1 Å². The predicted octanol–water partition coefficient (Wildman–Crippen LogP) is 5.89. The highest BCUT2D eigenvalue weighted by Gasteiger charge is 2.43. The lowest BCUT2D eigenvalue weighted by Crippen LogP contribution is -2.46. The fourth-order valence-electron chi connectivity index (χ4n) is 4.61. The van der Waals surface area contributed by atoms with Crippen molar-refractivity contribution >= 4 is 17.6 Å². The van der Waals surface area contributed by atoms with E-state index in [1.165, 1.54) is 18.2 Å². The number of carbonyl (C=O) groups is 1. The molecular weight excluding hydrogens is 499 g/mol. The summed E-state index contributed by atoms with van der Waals surface area (Å²) >= 11 is 6.11. The smallest absolute Gasteiger partial charge is 0.492 e. The molecule has 6 nitrogen and oxygen atoms in total. The van der Waals surface area contributed by atoms with E-state index in [1.807, 2.05) is 26.8 Å². The summed E-state index contributed by atoms with van der Waals surface area (Å²) in [5.74, 6) is 0.514. The minimum absolute atomic E-state index is 0.103. The summed E-state index contributed by atoms with van der Waals surface area (Å²) in [5, 5.41) is 0.117. The van der Waals surface area contributed by atoms with Crippen molar-refractivity contribution in [2.75, 3.05) is 26.2 Å². The van der Waals surface area contributed by atoms with Crippen molar-refractivity contribution in [3.05, 3.63) is 52.5 Å². The third-order valence-electron chi connectivity index (χ3n) is 6.30. The van der Waals surface area contributed by atoms with Crippen LogP contribution >= 0.6 is 11.6 Å². The minimum Gasteiger partial charge on any atom is -0.492 e. The molecule has 2 heterocycles. The molecule has 0 unspecified atom stereocenters. The van der Waals surface area contributed by atoms with Gasteiger partial charge in [0, 0.05) is 17.0 Å². The van der Waals surface area contributed by atoms with Crippen LogP contribution in [0.5, 0.6) is 17.2 Å².